The molecule has 0 spiro atoms. The molecular formula is C7H8N4O3. The van der Waals surface area contributed by atoms with Crippen molar-refractivity contribution in [3.8, 4) is 0 Å². The SMILES string of the molecule is O=C1CC(NCc2ncon2)C(=O)N1. The second-order valence-electron chi connectivity index (χ2n) is 2.90. The van der Waals surface area contributed by atoms with Crippen LogP contribution in [0.2, 0.25) is 0 Å². The van der Waals surface area contributed by atoms with Gasteiger partial charge in [0.25, 0.3) is 0 Å². The molecule has 0 aromatic carbocycles. The van der Waals surface area contributed by atoms with Crippen molar-refractivity contribution in [2.75, 3.05) is 0 Å². The van der Waals surface area contributed by atoms with Gasteiger partial charge in [-0.2, -0.15) is 4.98 Å². The van der Waals surface area contributed by atoms with Gasteiger partial charge in [0.1, 0.15) is 0 Å². The van der Waals surface area contributed by atoms with Gasteiger partial charge in [-0.05, 0) is 0 Å². The first-order chi connectivity index (χ1) is 6.75. The molecule has 2 rings (SSSR count). The Morgan fingerprint density at radius 2 is 2.50 bits per heavy atom. The van der Waals surface area contributed by atoms with E-state index in [1.165, 1.54) is 6.39 Å². The minimum Gasteiger partial charge on any atom is -0.343 e. The average Bonchev–Trinajstić information content (AvgIpc) is 2.72. The molecule has 0 aliphatic carbocycles. The molecule has 1 atom stereocenters. The molecule has 7 heteroatoms. The van der Waals surface area contributed by atoms with Crippen LogP contribution in [0.25, 0.3) is 0 Å². The maximum atomic E-state index is 11.1. The fourth-order valence-corrected chi connectivity index (χ4v) is 1.20. The zero-order valence-electron chi connectivity index (χ0n) is 7.19. The van der Waals surface area contributed by atoms with E-state index in [1.54, 1.807) is 0 Å². The van der Waals surface area contributed by atoms with E-state index in [4.69, 9.17) is 0 Å². The Bertz CT molecular complexity index is 348. The number of carbonyl (C=O) groups excluding carboxylic acids is 2. The van der Waals surface area contributed by atoms with Crippen molar-refractivity contribution >= 4 is 11.8 Å². The Morgan fingerprint density at radius 3 is 3.07 bits per heavy atom. The summed E-state index contributed by atoms with van der Waals surface area (Å²) in [6.45, 7) is 0.307. The molecule has 1 aliphatic rings. The zero-order chi connectivity index (χ0) is 9.97. The van der Waals surface area contributed by atoms with Crippen LogP contribution in [0.3, 0.4) is 0 Å². The maximum absolute atomic E-state index is 11.1. The molecule has 2 N–H and O–H groups in total. The molecule has 74 valence electrons. The van der Waals surface area contributed by atoms with Crippen molar-refractivity contribution in [2.24, 2.45) is 0 Å². The molecule has 1 fully saturated rings. The minimum atomic E-state index is -0.485. The molecule has 2 heterocycles. The van der Waals surface area contributed by atoms with Crippen LogP contribution in [-0.4, -0.2) is 28.0 Å². The molecule has 1 aliphatic heterocycles. The standard InChI is InChI=1S/C7H8N4O3/c12-6-1-4(7(13)10-6)8-2-5-9-3-14-11-5/h3-4,8H,1-2H2,(H,10,12,13). The first-order valence-electron chi connectivity index (χ1n) is 4.08. The molecule has 1 aromatic rings. The fourth-order valence-electron chi connectivity index (χ4n) is 1.20. The highest BCUT2D eigenvalue weighted by Crippen LogP contribution is 2.01. The summed E-state index contributed by atoms with van der Waals surface area (Å²) in [6, 6.07) is -0.485. The second kappa shape index (κ2) is 3.54. The summed E-state index contributed by atoms with van der Waals surface area (Å²) < 4.78 is 4.51. The quantitative estimate of drug-likeness (QED) is 0.575. The lowest BCUT2D eigenvalue weighted by Gasteiger charge is -2.05. The normalized spacial score (nSPS) is 21.3. The first-order valence-corrected chi connectivity index (χ1v) is 4.08. The number of nitrogens with zero attached hydrogens (tertiary/aromatic N) is 2. The van der Waals surface area contributed by atoms with Crippen molar-refractivity contribution in [2.45, 2.75) is 19.0 Å². The van der Waals surface area contributed by atoms with Crippen LogP contribution >= 0.6 is 0 Å². The lowest BCUT2D eigenvalue weighted by Crippen LogP contribution is -2.36. The van der Waals surface area contributed by atoms with Crippen molar-refractivity contribution in [3.05, 3.63) is 12.2 Å². The van der Waals surface area contributed by atoms with Gasteiger partial charge in [-0.1, -0.05) is 5.16 Å². The summed E-state index contributed by atoms with van der Waals surface area (Å²) in [6.07, 6.45) is 1.37. The summed E-state index contributed by atoms with van der Waals surface area (Å²) >= 11 is 0. The highest BCUT2D eigenvalue weighted by atomic mass is 16.5. The van der Waals surface area contributed by atoms with Crippen LogP contribution in [0.15, 0.2) is 10.9 Å². The lowest BCUT2D eigenvalue weighted by molar-refractivity contribution is -0.125. The lowest BCUT2D eigenvalue weighted by atomic mass is 10.2. The number of imide groups is 1. The zero-order valence-corrected chi connectivity index (χ0v) is 7.19. The monoisotopic (exact) mass is 196 g/mol. The topological polar surface area (TPSA) is 97.1 Å². The number of amides is 2. The number of hydrogen-bond donors (Lipinski definition) is 2. The Labute approximate surface area is 78.9 Å². The van der Waals surface area contributed by atoms with E-state index in [0.717, 1.165) is 0 Å². The Balaban J connectivity index is 1.87. The van der Waals surface area contributed by atoms with Gasteiger partial charge < -0.3 is 4.52 Å². The molecule has 7 nitrogen and oxygen atoms in total. The molecule has 1 unspecified atom stereocenters. The molecule has 2 amide bonds. The Morgan fingerprint density at radius 1 is 1.64 bits per heavy atom. The molecule has 0 saturated carbocycles. The van der Waals surface area contributed by atoms with Crippen molar-refractivity contribution in [1.82, 2.24) is 20.8 Å². The molecular weight excluding hydrogens is 188 g/mol. The smallest absolute Gasteiger partial charge is 0.244 e. The third kappa shape index (κ3) is 1.77. The number of aromatic nitrogens is 2. The minimum absolute atomic E-state index is 0.163. The molecule has 1 aromatic heterocycles. The molecule has 0 bridgehead atoms. The number of carbonyl (C=O) groups is 2. The summed E-state index contributed by atoms with van der Waals surface area (Å²) in [5.41, 5.74) is 0. The molecule has 1 saturated heterocycles. The summed E-state index contributed by atoms with van der Waals surface area (Å²) in [5.74, 6) is -0.115. The van der Waals surface area contributed by atoms with Gasteiger partial charge in [0.15, 0.2) is 5.82 Å². The van der Waals surface area contributed by atoms with E-state index in [-0.39, 0.29) is 18.2 Å². The van der Waals surface area contributed by atoms with E-state index < -0.39 is 6.04 Å². The largest absolute Gasteiger partial charge is 0.343 e. The highest BCUT2D eigenvalue weighted by Gasteiger charge is 2.29. The van der Waals surface area contributed by atoms with Gasteiger partial charge in [-0.3, -0.25) is 20.2 Å². The van der Waals surface area contributed by atoms with Crippen LogP contribution in [0, 0.1) is 0 Å². The molecule has 14 heavy (non-hydrogen) atoms. The third-order valence-electron chi connectivity index (χ3n) is 1.88. The Hall–Kier alpha value is -1.76. The predicted molar refractivity (Wildman–Crippen MR) is 42.7 cm³/mol. The van der Waals surface area contributed by atoms with E-state index in [2.05, 4.69) is 25.3 Å². The van der Waals surface area contributed by atoms with Crippen LogP contribution < -0.4 is 10.6 Å². The van der Waals surface area contributed by atoms with E-state index in [1.807, 2.05) is 0 Å². The van der Waals surface area contributed by atoms with Gasteiger partial charge in [0, 0.05) is 0 Å². The number of nitrogens with one attached hydrogen (secondary N) is 2. The second-order valence-corrected chi connectivity index (χ2v) is 2.90. The summed E-state index contributed by atoms with van der Waals surface area (Å²) in [5, 5.41) is 8.59. The number of hydrogen-bond acceptors (Lipinski definition) is 6. The Kier molecular flexibility index (Phi) is 2.23. The third-order valence-corrected chi connectivity index (χ3v) is 1.88. The molecule has 0 radical (unpaired) electrons. The van der Waals surface area contributed by atoms with E-state index >= 15 is 0 Å². The van der Waals surface area contributed by atoms with Crippen molar-refractivity contribution in [1.29, 1.82) is 0 Å². The maximum Gasteiger partial charge on any atom is 0.244 e. The van der Waals surface area contributed by atoms with Gasteiger partial charge in [-0.15, -0.1) is 0 Å². The number of rotatable bonds is 3. The predicted octanol–water partition coefficient (Wildman–Crippen LogP) is -1.43. The van der Waals surface area contributed by atoms with Crippen LogP contribution in [0.4, 0.5) is 0 Å². The summed E-state index contributed by atoms with van der Waals surface area (Å²) in [7, 11) is 0. The van der Waals surface area contributed by atoms with E-state index in [0.29, 0.717) is 12.4 Å². The summed E-state index contributed by atoms with van der Waals surface area (Å²) in [4.78, 5) is 25.7. The average molecular weight is 196 g/mol. The van der Waals surface area contributed by atoms with Gasteiger partial charge in [0.05, 0.1) is 19.0 Å². The van der Waals surface area contributed by atoms with Gasteiger partial charge in [0.2, 0.25) is 18.2 Å². The fraction of sp³-hybridized carbons (Fsp3) is 0.429. The van der Waals surface area contributed by atoms with Gasteiger partial charge in [-0.25, -0.2) is 0 Å². The van der Waals surface area contributed by atoms with Crippen molar-refractivity contribution in [3.63, 3.8) is 0 Å². The van der Waals surface area contributed by atoms with Crippen LogP contribution in [0.1, 0.15) is 12.2 Å². The van der Waals surface area contributed by atoms with Gasteiger partial charge >= 0.3 is 0 Å². The van der Waals surface area contributed by atoms with E-state index in [9.17, 15) is 9.59 Å². The first kappa shape index (κ1) is 8.82. The highest BCUT2D eigenvalue weighted by molar-refractivity contribution is 6.05. The van der Waals surface area contributed by atoms with Crippen LogP contribution in [0.5, 0.6) is 0 Å². The van der Waals surface area contributed by atoms with Crippen molar-refractivity contribution < 1.29 is 14.1 Å². The van der Waals surface area contributed by atoms with Crippen LogP contribution in [-0.2, 0) is 16.1 Å².